The number of methoxy groups -OCH3 is 1. The van der Waals surface area contributed by atoms with Crippen LogP contribution in [0.3, 0.4) is 0 Å². The second-order valence-electron chi connectivity index (χ2n) is 4.04. The molecule has 8 nitrogen and oxygen atoms in total. The van der Waals surface area contributed by atoms with Gasteiger partial charge in [-0.05, 0) is 6.92 Å². The van der Waals surface area contributed by atoms with Crippen molar-refractivity contribution in [1.82, 2.24) is 20.3 Å². The van der Waals surface area contributed by atoms with Gasteiger partial charge in [0.1, 0.15) is 6.04 Å². The summed E-state index contributed by atoms with van der Waals surface area (Å²) in [5.41, 5.74) is 0.555. The summed E-state index contributed by atoms with van der Waals surface area (Å²) in [6, 6.07) is -0.497. The number of carboxylic acids is 1. The summed E-state index contributed by atoms with van der Waals surface area (Å²) in [6.45, 7) is 2.57. The van der Waals surface area contributed by atoms with Crippen LogP contribution in [0.25, 0.3) is 0 Å². The molecule has 1 aromatic rings. The van der Waals surface area contributed by atoms with E-state index in [-0.39, 0.29) is 12.3 Å². The van der Waals surface area contributed by atoms with Crippen LogP contribution in [-0.2, 0) is 20.7 Å². The standard InChI is InChI=1S/C11H18N4O4/c1-8(11(18)12-5-6-19-2)15-7-9(13-14-15)3-4-10(16)17/h7-8H,3-6H2,1-2H3,(H,12,18)(H,16,17). The minimum Gasteiger partial charge on any atom is -0.481 e. The molecular formula is C11H18N4O4. The molecule has 1 rings (SSSR count). The van der Waals surface area contributed by atoms with Crippen LogP contribution in [0.15, 0.2) is 6.20 Å². The maximum atomic E-state index is 11.7. The molecule has 0 spiro atoms. The van der Waals surface area contributed by atoms with Crippen LogP contribution in [0.1, 0.15) is 25.1 Å². The van der Waals surface area contributed by atoms with E-state index in [1.807, 2.05) is 0 Å². The number of aryl methyl sites for hydroxylation is 1. The van der Waals surface area contributed by atoms with Crippen molar-refractivity contribution < 1.29 is 19.4 Å². The monoisotopic (exact) mass is 270 g/mol. The number of rotatable bonds is 8. The minimum absolute atomic E-state index is 0.00684. The van der Waals surface area contributed by atoms with Crippen LogP contribution in [-0.4, -0.2) is 52.2 Å². The highest BCUT2D eigenvalue weighted by molar-refractivity contribution is 5.79. The Balaban J connectivity index is 2.50. The molecule has 1 amide bonds. The van der Waals surface area contributed by atoms with E-state index in [9.17, 15) is 9.59 Å². The third kappa shape index (κ3) is 5.04. The van der Waals surface area contributed by atoms with E-state index >= 15 is 0 Å². The van der Waals surface area contributed by atoms with Crippen molar-refractivity contribution in [3.8, 4) is 0 Å². The quantitative estimate of drug-likeness (QED) is 0.624. The Kier molecular flexibility index (Phi) is 5.94. The highest BCUT2D eigenvalue weighted by Crippen LogP contribution is 2.06. The topological polar surface area (TPSA) is 106 Å². The van der Waals surface area contributed by atoms with Gasteiger partial charge in [-0.1, -0.05) is 5.21 Å². The first kappa shape index (κ1) is 15.1. The number of nitrogens with zero attached hydrogens (tertiary/aromatic N) is 3. The van der Waals surface area contributed by atoms with Gasteiger partial charge in [0.15, 0.2) is 0 Å². The summed E-state index contributed by atoms with van der Waals surface area (Å²) >= 11 is 0. The van der Waals surface area contributed by atoms with Crippen molar-refractivity contribution in [2.75, 3.05) is 20.3 Å². The van der Waals surface area contributed by atoms with Crippen molar-refractivity contribution in [2.24, 2.45) is 0 Å². The van der Waals surface area contributed by atoms with Crippen LogP contribution in [0.5, 0.6) is 0 Å². The van der Waals surface area contributed by atoms with E-state index in [2.05, 4.69) is 15.6 Å². The average molecular weight is 270 g/mol. The number of amides is 1. The highest BCUT2D eigenvalue weighted by Gasteiger charge is 2.16. The van der Waals surface area contributed by atoms with Gasteiger partial charge >= 0.3 is 5.97 Å². The van der Waals surface area contributed by atoms with Gasteiger partial charge < -0.3 is 15.2 Å². The van der Waals surface area contributed by atoms with E-state index in [0.717, 1.165) is 0 Å². The number of ether oxygens (including phenoxy) is 1. The number of carbonyl (C=O) groups is 2. The van der Waals surface area contributed by atoms with Gasteiger partial charge in [0.2, 0.25) is 5.91 Å². The molecule has 0 fully saturated rings. The number of hydrogen-bond acceptors (Lipinski definition) is 5. The van der Waals surface area contributed by atoms with Gasteiger partial charge in [-0.25, -0.2) is 4.68 Å². The van der Waals surface area contributed by atoms with Gasteiger partial charge in [0, 0.05) is 26.3 Å². The SMILES string of the molecule is COCCNC(=O)C(C)n1cc(CCC(=O)O)nn1. The summed E-state index contributed by atoms with van der Waals surface area (Å²) in [5, 5.41) is 18.9. The molecule has 1 unspecified atom stereocenters. The summed E-state index contributed by atoms with van der Waals surface area (Å²) < 4.78 is 6.25. The third-order valence-corrected chi connectivity index (χ3v) is 2.53. The smallest absolute Gasteiger partial charge is 0.303 e. The fourth-order valence-corrected chi connectivity index (χ4v) is 1.40. The first-order valence-electron chi connectivity index (χ1n) is 5.93. The summed E-state index contributed by atoms with van der Waals surface area (Å²) in [4.78, 5) is 22.2. The molecule has 1 heterocycles. The zero-order valence-corrected chi connectivity index (χ0v) is 11.0. The number of aromatic nitrogens is 3. The van der Waals surface area contributed by atoms with Gasteiger partial charge in [-0.3, -0.25) is 9.59 Å². The fraction of sp³-hybridized carbons (Fsp3) is 0.636. The Morgan fingerprint density at radius 2 is 2.32 bits per heavy atom. The number of aliphatic carboxylic acids is 1. The predicted molar refractivity (Wildman–Crippen MR) is 65.6 cm³/mol. The summed E-state index contributed by atoms with van der Waals surface area (Å²) in [5.74, 6) is -1.08. The van der Waals surface area contributed by atoms with Crippen LogP contribution < -0.4 is 5.32 Å². The van der Waals surface area contributed by atoms with Crippen molar-refractivity contribution in [3.63, 3.8) is 0 Å². The van der Waals surface area contributed by atoms with E-state index in [4.69, 9.17) is 9.84 Å². The van der Waals surface area contributed by atoms with Crippen LogP contribution in [0, 0.1) is 0 Å². The molecule has 0 saturated heterocycles. The Morgan fingerprint density at radius 1 is 1.58 bits per heavy atom. The van der Waals surface area contributed by atoms with Gasteiger partial charge in [0.25, 0.3) is 0 Å². The molecule has 0 bridgehead atoms. The second-order valence-corrected chi connectivity index (χ2v) is 4.04. The molecule has 0 aliphatic rings. The lowest BCUT2D eigenvalue weighted by atomic mass is 10.2. The molecule has 2 N–H and O–H groups in total. The molecule has 8 heteroatoms. The number of hydrogen-bond donors (Lipinski definition) is 2. The normalized spacial score (nSPS) is 12.1. The number of nitrogens with one attached hydrogen (secondary N) is 1. The maximum absolute atomic E-state index is 11.7. The highest BCUT2D eigenvalue weighted by atomic mass is 16.5. The van der Waals surface area contributed by atoms with Crippen molar-refractivity contribution in [2.45, 2.75) is 25.8 Å². The molecular weight excluding hydrogens is 252 g/mol. The molecule has 19 heavy (non-hydrogen) atoms. The zero-order valence-electron chi connectivity index (χ0n) is 11.0. The Hall–Kier alpha value is -1.96. The summed E-state index contributed by atoms with van der Waals surface area (Å²) in [6.07, 6.45) is 1.88. The van der Waals surface area contributed by atoms with Crippen LogP contribution in [0.2, 0.25) is 0 Å². The molecule has 1 atom stereocenters. The Morgan fingerprint density at radius 3 is 2.95 bits per heavy atom. The molecule has 0 radical (unpaired) electrons. The lowest BCUT2D eigenvalue weighted by Gasteiger charge is -2.11. The first-order valence-corrected chi connectivity index (χ1v) is 5.93. The fourth-order valence-electron chi connectivity index (χ4n) is 1.40. The number of carbonyl (C=O) groups excluding carboxylic acids is 1. The average Bonchev–Trinajstić information content (AvgIpc) is 2.84. The van der Waals surface area contributed by atoms with Crippen molar-refractivity contribution in [3.05, 3.63) is 11.9 Å². The van der Waals surface area contributed by atoms with E-state index in [1.54, 1.807) is 20.2 Å². The van der Waals surface area contributed by atoms with E-state index < -0.39 is 12.0 Å². The van der Waals surface area contributed by atoms with E-state index in [1.165, 1.54) is 4.68 Å². The first-order chi connectivity index (χ1) is 9.04. The lowest BCUT2D eigenvalue weighted by Crippen LogP contribution is -2.33. The number of carboxylic acid groups (broad SMARTS) is 1. The largest absolute Gasteiger partial charge is 0.481 e. The van der Waals surface area contributed by atoms with Gasteiger partial charge in [-0.2, -0.15) is 0 Å². The molecule has 106 valence electrons. The zero-order chi connectivity index (χ0) is 14.3. The summed E-state index contributed by atoms with van der Waals surface area (Å²) in [7, 11) is 1.56. The van der Waals surface area contributed by atoms with Gasteiger partial charge in [0.05, 0.1) is 18.7 Å². The molecule has 1 aromatic heterocycles. The van der Waals surface area contributed by atoms with Crippen molar-refractivity contribution in [1.29, 1.82) is 0 Å². The Labute approximate surface area is 110 Å². The van der Waals surface area contributed by atoms with Crippen molar-refractivity contribution >= 4 is 11.9 Å². The van der Waals surface area contributed by atoms with E-state index in [0.29, 0.717) is 25.3 Å². The minimum atomic E-state index is -0.889. The van der Waals surface area contributed by atoms with Crippen LogP contribution in [0.4, 0.5) is 0 Å². The maximum Gasteiger partial charge on any atom is 0.303 e. The predicted octanol–water partition coefficient (Wildman–Crippen LogP) is -0.381. The molecule has 0 aliphatic heterocycles. The Bertz CT molecular complexity index is 432. The van der Waals surface area contributed by atoms with Crippen LogP contribution >= 0.6 is 0 Å². The molecule has 0 aromatic carbocycles. The molecule has 0 saturated carbocycles. The third-order valence-electron chi connectivity index (χ3n) is 2.53. The lowest BCUT2D eigenvalue weighted by molar-refractivity contribution is -0.137. The molecule has 0 aliphatic carbocycles. The van der Waals surface area contributed by atoms with Gasteiger partial charge in [-0.15, -0.1) is 5.10 Å². The second kappa shape index (κ2) is 7.47.